The molecule has 0 saturated heterocycles. The van der Waals surface area contributed by atoms with Crippen molar-refractivity contribution in [3.05, 3.63) is 56.4 Å². The molecule has 0 spiro atoms. The van der Waals surface area contributed by atoms with Gasteiger partial charge in [0.25, 0.3) is 5.56 Å². The number of H-pyrrole nitrogens is 1. The number of nitrogens with zero attached hydrogens (tertiary/aromatic N) is 1. The Morgan fingerprint density at radius 3 is 3.05 bits per heavy atom. The van der Waals surface area contributed by atoms with E-state index >= 15 is 0 Å². The van der Waals surface area contributed by atoms with Crippen molar-refractivity contribution in [2.75, 3.05) is 7.11 Å². The van der Waals surface area contributed by atoms with Crippen LogP contribution in [0.1, 0.15) is 5.56 Å². The Morgan fingerprint density at radius 2 is 2.25 bits per heavy atom. The minimum atomic E-state index is -0.0541. The van der Waals surface area contributed by atoms with Crippen LogP contribution in [0.4, 0.5) is 0 Å². The fourth-order valence-corrected chi connectivity index (χ4v) is 3.12. The molecule has 0 fully saturated rings. The van der Waals surface area contributed by atoms with E-state index < -0.39 is 0 Å². The molecule has 0 aliphatic rings. The summed E-state index contributed by atoms with van der Waals surface area (Å²) >= 11 is 6.69. The predicted octanol–water partition coefficient (Wildman–Crippen LogP) is 3.18. The Bertz CT molecular complexity index is 877. The Labute approximate surface area is 124 Å². The van der Waals surface area contributed by atoms with Crippen molar-refractivity contribution in [2.45, 2.75) is 6.54 Å². The molecule has 0 amide bonds. The van der Waals surface area contributed by atoms with Crippen LogP contribution >= 0.6 is 23.6 Å². The molecule has 3 aromatic rings. The molecule has 0 unspecified atom stereocenters. The minimum absolute atomic E-state index is 0.0541. The van der Waals surface area contributed by atoms with Crippen LogP contribution in [0.3, 0.4) is 0 Å². The van der Waals surface area contributed by atoms with Gasteiger partial charge in [-0.3, -0.25) is 9.36 Å². The van der Waals surface area contributed by atoms with Gasteiger partial charge in [0.15, 0.2) is 4.77 Å². The van der Waals surface area contributed by atoms with E-state index in [2.05, 4.69) is 4.98 Å². The van der Waals surface area contributed by atoms with Crippen molar-refractivity contribution in [2.24, 2.45) is 0 Å². The lowest BCUT2D eigenvalue weighted by Crippen LogP contribution is -2.21. The number of rotatable bonds is 3. The number of aromatic amines is 1. The van der Waals surface area contributed by atoms with E-state index in [4.69, 9.17) is 17.0 Å². The van der Waals surface area contributed by atoms with Crippen molar-refractivity contribution < 1.29 is 4.74 Å². The second-order valence-electron chi connectivity index (χ2n) is 4.34. The summed E-state index contributed by atoms with van der Waals surface area (Å²) in [5, 5.41) is 1.88. The molecule has 3 rings (SSSR count). The number of aromatic nitrogens is 2. The summed E-state index contributed by atoms with van der Waals surface area (Å²) in [6, 6.07) is 9.49. The van der Waals surface area contributed by atoms with Gasteiger partial charge in [0.05, 0.1) is 19.2 Å². The zero-order valence-electron chi connectivity index (χ0n) is 10.8. The third-order valence-corrected chi connectivity index (χ3v) is 4.29. The maximum Gasteiger partial charge on any atom is 0.272 e. The van der Waals surface area contributed by atoms with Crippen molar-refractivity contribution in [3.63, 3.8) is 0 Å². The van der Waals surface area contributed by atoms with Gasteiger partial charge >= 0.3 is 0 Å². The zero-order chi connectivity index (χ0) is 14.1. The Kier molecular flexibility index (Phi) is 3.42. The van der Waals surface area contributed by atoms with E-state index in [1.807, 2.05) is 35.7 Å². The van der Waals surface area contributed by atoms with Crippen molar-refractivity contribution in [1.82, 2.24) is 9.55 Å². The van der Waals surface area contributed by atoms with Crippen LogP contribution in [0, 0.1) is 4.77 Å². The smallest absolute Gasteiger partial charge is 0.272 e. The monoisotopic (exact) mass is 304 g/mol. The third-order valence-electron chi connectivity index (χ3n) is 3.07. The first-order valence-corrected chi connectivity index (χ1v) is 7.31. The normalized spacial score (nSPS) is 10.8. The molecule has 102 valence electrons. The van der Waals surface area contributed by atoms with Crippen LogP contribution in [-0.2, 0) is 6.54 Å². The van der Waals surface area contributed by atoms with Gasteiger partial charge in [-0.2, -0.15) is 0 Å². The summed E-state index contributed by atoms with van der Waals surface area (Å²) in [4.78, 5) is 15.5. The van der Waals surface area contributed by atoms with E-state index in [1.165, 1.54) is 11.3 Å². The Morgan fingerprint density at radius 1 is 1.40 bits per heavy atom. The fraction of sp³-hybridized carbons (Fsp3) is 0.143. The van der Waals surface area contributed by atoms with Gasteiger partial charge in [-0.05, 0) is 41.4 Å². The fourth-order valence-electron chi connectivity index (χ4n) is 2.07. The third kappa shape index (κ3) is 2.28. The lowest BCUT2D eigenvalue weighted by atomic mass is 10.2. The van der Waals surface area contributed by atoms with Gasteiger partial charge in [-0.15, -0.1) is 11.3 Å². The number of hydrogen-bond donors (Lipinski definition) is 1. The number of benzene rings is 1. The van der Waals surface area contributed by atoms with Gasteiger partial charge in [0.2, 0.25) is 0 Å². The quantitative estimate of drug-likeness (QED) is 0.756. The molecular formula is C14H12N2O2S2. The van der Waals surface area contributed by atoms with Crippen LogP contribution in [0.25, 0.3) is 10.2 Å². The highest BCUT2D eigenvalue weighted by Crippen LogP contribution is 2.16. The number of nitrogens with one attached hydrogen (secondary N) is 1. The SMILES string of the molecule is COc1cccc(Cn2c(=S)[nH]c3ccsc3c2=O)c1. The van der Waals surface area contributed by atoms with Gasteiger partial charge in [-0.1, -0.05) is 12.1 Å². The molecule has 0 aliphatic carbocycles. The van der Waals surface area contributed by atoms with Crippen LogP contribution in [0.5, 0.6) is 5.75 Å². The maximum atomic E-state index is 12.4. The molecule has 0 radical (unpaired) electrons. The molecule has 20 heavy (non-hydrogen) atoms. The first kappa shape index (κ1) is 13.1. The summed E-state index contributed by atoms with van der Waals surface area (Å²) in [5.41, 5.74) is 1.72. The molecule has 1 aromatic carbocycles. The molecule has 2 aromatic heterocycles. The highest BCUT2D eigenvalue weighted by Gasteiger charge is 2.07. The number of ether oxygens (including phenoxy) is 1. The summed E-state index contributed by atoms with van der Waals surface area (Å²) in [7, 11) is 1.62. The van der Waals surface area contributed by atoms with Crippen molar-refractivity contribution in [1.29, 1.82) is 0 Å². The molecule has 6 heteroatoms. The minimum Gasteiger partial charge on any atom is -0.497 e. The molecule has 0 aliphatic heterocycles. The van der Waals surface area contributed by atoms with Gasteiger partial charge in [-0.25, -0.2) is 0 Å². The van der Waals surface area contributed by atoms with Crippen molar-refractivity contribution in [3.8, 4) is 5.75 Å². The Hall–Kier alpha value is -1.92. The van der Waals surface area contributed by atoms with Crippen LogP contribution in [0.2, 0.25) is 0 Å². The number of fused-ring (bicyclic) bond motifs is 1. The lowest BCUT2D eigenvalue weighted by molar-refractivity contribution is 0.414. The van der Waals surface area contributed by atoms with Crippen LogP contribution in [0.15, 0.2) is 40.5 Å². The van der Waals surface area contributed by atoms with E-state index in [-0.39, 0.29) is 5.56 Å². The van der Waals surface area contributed by atoms with Crippen LogP contribution in [-0.4, -0.2) is 16.7 Å². The van der Waals surface area contributed by atoms with Crippen LogP contribution < -0.4 is 10.3 Å². The summed E-state index contributed by atoms with van der Waals surface area (Å²) in [6.45, 7) is 0.430. The van der Waals surface area contributed by atoms with E-state index in [1.54, 1.807) is 11.7 Å². The molecule has 2 heterocycles. The first-order valence-electron chi connectivity index (χ1n) is 6.02. The second kappa shape index (κ2) is 5.22. The lowest BCUT2D eigenvalue weighted by Gasteiger charge is -2.08. The first-order chi connectivity index (χ1) is 9.69. The number of methoxy groups -OCH3 is 1. The topological polar surface area (TPSA) is 47.0 Å². The standard InChI is InChI=1S/C14H12N2O2S2/c1-18-10-4-2-3-9(7-10)8-16-13(17)12-11(5-6-20-12)15-14(16)19/h2-7H,8H2,1H3,(H,15,19). The Balaban J connectivity index is 2.10. The molecule has 4 nitrogen and oxygen atoms in total. The highest BCUT2D eigenvalue weighted by molar-refractivity contribution is 7.71. The largest absolute Gasteiger partial charge is 0.497 e. The van der Waals surface area contributed by atoms with E-state index in [9.17, 15) is 4.79 Å². The van der Waals surface area contributed by atoms with E-state index in [0.29, 0.717) is 16.0 Å². The molecule has 0 saturated carbocycles. The van der Waals surface area contributed by atoms with Gasteiger partial charge < -0.3 is 9.72 Å². The maximum absolute atomic E-state index is 12.4. The zero-order valence-corrected chi connectivity index (χ0v) is 12.4. The second-order valence-corrected chi connectivity index (χ2v) is 5.64. The van der Waals surface area contributed by atoms with Gasteiger partial charge in [0, 0.05) is 0 Å². The summed E-state index contributed by atoms with van der Waals surface area (Å²) in [6.07, 6.45) is 0. The molecule has 0 bridgehead atoms. The molecule has 0 atom stereocenters. The summed E-state index contributed by atoms with van der Waals surface area (Å²) < 4.78 is 7.89. The number of thiophene rings is 1. The average molecular weight is 304 g/mol. The molecular weight excluding hydrogens is 292 g/mol. The summed E-state index contributed by atoms with van der Waals surface area (Å²) in [5.74, 6) is 0.766. The van der Waals surface area contributed by atoms with Gasteiger partial charge in [0.1, 0.15) is 10.4 Å². The molecule has 1 N–H and O–H groups in total. The average Bonchev–Trinajstić information content (AvgIpc) is 2.92. The van der Waals surface area contributed by atoms with Crippen molar-refractivity contribution >= 4 is 33.8 Å². The number of hydrogen-bond acceptors (Lipinski definition) is 4. The predicted molar refractivity (Wildman–Crippen MR) is 83.4 cm³/mol. The van der Waals surface area contributed by atoms with E-state index in [0.717, 1.165) is 16.8 Å². The highest BCUT2D eigenvalue weighted by atomic mass is 32.1.